The van der Waals surface area contributed by atoms with E-state index in [4.69, 9.17) is 23.4 Å². The van der Waals surface area contributed by atoms with Crippen LogP contribution in [0.3, 0.4) is 0 Å². The van der Waals surface area contributed by atoms with Crippen LogP contribution < -0.4 is 0 Å². The number of benzene rings is 3. The Kier molecular flexibility index (Phi) is 10.5. The Morgan fingerprint density at radius 1 is 0.727 bits per heavy atom. The van der Waals surface area contributed by atoms with Crippen LogP contribution in [0, 0.1) is 0 Å². The normalized spacial score (nSPS) is 22.7. The van der Waals surface area contributed by atoms with Crippen molar-refractivity contribution in [3.05, 3.63) is 108 Å². The fourth-order valence-electron chi connectivity index (χ4n) is 5.31. The molecule has 1 heterocycles. The zero-order valence-electron chi connectivity index (χ0n) is 26.6. The van der Waals surface area contributed by atoms with Crippen LogP contribution >= 0.6 is 0 Å². The van der Waals surface area contributed by atoms with E-state index in [1.165, 1.54) is 13.8 Å². The van der Waals surface area contributed by atoms with E-state index in [9.17, 15) is 14.7 Å². The zero-order chi connectivity index (χ0) is 32.1. The highest BCUT2D eigenvalue weighted by Crippen LogP contribution is 2.43. The van der Waals surface area contributed by atoms with Gasteiger partial charge in [0.05, 0.1) is 6.61 Å². The Labute approximate surface area is 261 Å². The average molecular weight is 621 g/mol. The van der Waals surface area contributed by atoms with Crippen LogP contribution in [0.2, 0.25) is 18.1 Å². The van der Waals surface area contributed by atoms with E-state index < -0.39 is 56.6 Å². The molecule has 1 aliphatic heterocycles. The van der Waals surface area contributed by atoms with E-state index in [2.05, 4.69) is 20.8 Å². The van der Waals surface area contributed by atoms with Gasteiger partial charge in [-0.05, 0) is 34.8 Å². The van der Waals surface area contributed by atoms with Crippen LogP contribution in [-0.4, -0.2) is 62.7 Å². The van der Waals surface area contributed by atoms with Crippen molar-refractivity contribution in [1.29, 1.82) is 0 Å². The van der Waals surface area contributed by atoms with Crippen molar-refractivity contribution in [3.8, 4) is 0 Å². The molecule has 44 heavy (non-hydrogen) atoms. The van der Waals surface area contributed by atoms with Crippen LogP contribution in [0.4, 0.5) is 0 Å². The molecule has 1 N–H and O–H groups in total. The predicted octanol–water partition coefficient (Wildman–Crippen LogP) is 5.97. The largest absolute Gasteiger partial charge is 0.456 e. The van der Waals surface area contributed by atoms with Gasteiger partial charge in [-0.1, -0.05) is 112 Å². The minimum atomic E-state index is -2.50. The number of aliphatic hydroxyl groups excluding tert-OH is 1. The van der Waals surface area contributed by atoms with Crippen LogP contribution in [0.5, 0.6) is 0 Å². The molecule has 1 fully saturated rings. The highest BCUT2D eigenvalue weighted by atomic mass is 28.4. The average Bonchev–Trinajstić information content (AvgIpc) is 2.97. The molecule has 1 saturated heterocycles. The van der Waals surface area contributed by atoms with Crippen molar-refractivity contribution in [2.24, 2.45) is 0 Å². The molecule has 1 aliphatic rings. The molecule has 0 saturated carbocycles. The first kappa shape index (κ1) is 33.5. The molecule has 4 rings (SSSR count). The summed E-state index contributed by atoms with van der Waals surface area (Å²) in [4.78, 5) is 24.8. The van der Waals surface area contributed by atoms with Crippen LogP contribution in [0.1, 0.15) is 51.3 Å². The molecule has 3 aromatic carbocycles. The molecule has 3 aromatic rings. The minimum absolute atomic E-state index is 0.127. The third-order valence-corrected chi connectivity index (χ3v) is 12.9. The van der Waals surface area contributed by atoms with Crippen molar-refractivity contribution in [2.75, 3.05) is 6.61 Å². The van der Waals surface area contributed by atoms with Crippen molar-refractivity contribution in [3.63, 3.8) is 0 Å². The Bertz CT molecular complexity index is 1280. The Balaban J connectivity index is 1.78. The number of rotatable bonds is 10. The summed E-state index contributed by atoms with van der Waals surface area (Å²) in [6, 6.07) is 29.4. The minimum Gasteiger partial charge on any atom is -0.456 e. The topological polar surface area (TPSA) is 101 Å². The molecule has 5 atom stereocenters. The number of esters is 2. The van der Waals surface area contributed by atoms with Crippen LogP contribution in [0.25, 0.3) is 0 Å². The van der Waals surface area contributed by atoms with Gasteiger partial charge >= 0.3 is 11.9 Å². The maximum Gasteiger partial charge on any atom is 0.303 e. The van der Waals surface area contributed by atoms with E-state index in [1.807, 2.05) is 104 Å². The molecular formula is C35H44O8Si. The summed E-state index contributed by atoms with van der Waals surface area (Å²) >= 11 is 0. The maximum absolute atomic E-state index is 12.4. The van der Waals surface area contributed by atoms with E-state index in [0.29, 0.717) is 0 Å². The summed E-state index contributed by atoms with van der Waals surface area (Å²) in [6.07, 6.45) is -5.82. The van der Waals surface area contributed by atoms with Crippen LogP contribution in [-0.2, 0) is 38.6 Å². The number of aliphatic hydroxyl groups is 1. The number of hydrogen-bond acceptors (Lipinski definition) is 8. The molecule has 0 unspecified atom stereocenters. The molecule has 0 aliphatic carbocycles. The van der Waals surface area contributed by atoms with Gasteiger partial charge in [-0.2, -0.15) is 0 Å². The lowest BCUT2D eigenvalue weighted by atomic mass is 9.80. The SMILES string of the molecule is CC(=O)O[C@@H]1[C@@H](O[Si](C)(C)C(C)(C)C)[C@@H](O)O[C@H](COC(c2ccccc2)(c2ccccc2)c2ccccc2)[C@H]1OC(C)=O. The summed E-state index contributed by atoms with van der Waals surface area (Å²) < 4.78 is 31.1. The summed E-state index contributed by atoms with van der Waals surface area (Å²) in [6.45, 7) is 12.7. The third-order valence-electron chi connectivity index (χ3n) is 8.46. The fourth-order valence-corrected chi connectivity index (χ4v) is 6.59. The Morgan fingerprint density at radius 3 is 1.52 bits per heavy atom. The monoisotopic (exact) mass is 620 g/mol. The standard InChI is InChI=1S/C35H44O8Si/c1-24(36)40-30-29(42-33(38)32(31(30)41-25(2)37)43-44(6,7)34(3,4)5)23-39-35(26-17-11-8-12-18-26,27-19-13-9-14-20-27)28-21-15-10-16-22-28/h8-22,29-33,38H,23H2,1-7H3/t29-,30-,31+,32-,33+/m1/s1. The molecule has 8 nitrogen and oxygen atoms in total. The number of ether oxygens (including phenoxy) is 4. The van der Waals surface area contributed by atoms with Crippen molar-refractivity contribution < 1.29 is 38.1 Å². The van der Waals surface area contributed by atoms with Crippen LogP contribution in [0.15, 0.2) is 91.0 Å². The first-order valence-corrected chi connectivity index (χ1v) is 17.8. The van der Waals surface area contributed by atoms with Crippen molar-refractivity contribution in [1.82, 2.24) is 0 Å². The Morgan fingerprint density at radius 2 is 1.14 bits per heavy atom. The molecule has 0 bridgehead atoms. The highest BCUT2D eigenvalue weighted by Gasteiger charge is 2.54. The quantitative estimate of drug-likeness (QED) is 0.168. The van der Waals surface area contributed by atoms with E-state index in [1.54, 1.807) is 0 Å². The number of carbonyl (C=O) groups excluding carboxylic acids is 2. The van der Waals surface area contributed by atoms with Gasteiger partial charge < -0.3 is 28.5 Å². The second kappa shape index (κ2) is 13.7. The molecule has 0 spiro atoms. The smallest absolute Gasteiger partial charge is 0.303 e. The highest BCUT2D eigenvalue weighted by molar-refractivity contribution is 6.74. The molecule has 0 amide bonds. The predicted molar refractivity (Wildman–Crippen MR) is 169 cm³/mol. The lowest BCUT2D eigenvalue weighted by Crippen LogP contribution is -2.64. The molecule has 236 valence electrons. The summed E-state index contributed by atoms with van der Waals surface area (Å²) in [5.74, 6) is -1.19. The van der Waals surface area contributed by atoms with E-state index in [-0.39, 0.29) is 11.6 Å². The summed E-state index contributed by atoms with van der Waals surface area (Å²) in [5, 5.41) is 11.2. The number of hydrogen-bond donors (Lipinski definition) is 1. The van der Waals surface area contributed by atoms with Gasteiger partial charge in [0.2, 0.25) is 0 Å². The molecule has 0 aromatic heterocycles. The van der Waals surface area contributed by atoms with E-state index >= 15 is 0 Å². The van der Waals surface area contributed by atoms with Gasteiger partial charge in [-0.15, -0.1) is 0 Å². The summed E-state index contributed by atoms with van der Waals surface area (Å²) in [5.41, 5.74) is 1.51. The van der Waals surface area contributed by atoms with E-state index in [0.717, 1.165) is 16.7 Å². The maximum atomic E-state index is 12.4. The lowest BCUT2D eigenvalue weighted by Gasteiger charge is -2.48. The molecule has 9 heteroatoms. The zero-order valence-corrected chi connectivity index (χ0v) is 27.6. The Hall–Kier alpha value is -3.34. The van der Waals surface area contributed by atoms with Gasteiger partial charge in [0, 0.05) is 13.8 Å². The second-order valence-corrected chi connectivity index (χ2v) is 17.4. The summed E-state index contributed by atoms with van der Waals surface area (Å²) in [7, 11) is -2.50. The first-order chi connectivity index (χ1) is 20.8. The van der Waals surface area contributed by atoms with Gasteiger partial charge in [0.1, 0.15) is 17.8 Å². The second-order valence-electron chi connectivity index (χ2n) is 12.6. The van der Waals surface area contributed by atoms with Gasteiger partial charge in [-0.25, -0.2) is 0 Å². The first-order valence-electron chi connectivity index (χ1n) is 14.9. The fraction of sp³-hybridized carbons (Fsp3) is 0.429. The van der Waals surface area contributed by atoms with Gasteiger partial charge in [0.25, 0.3) is 0 Å². The van der Waals surface area contributed by atoms with Crippen molar-refractivity contribution >= 4 is 20.3 Å². The lowest BCUT2D eigenvalue weighted by molar-refractivity contribution is -0.293. The third kappa shape index (κ3) is 7.30. The van der Waals surface area contributed by atoms with Gasteiger partial charge in [0.15, 0.2) is 26.8 Å². The molecule has 0 radical (unpaired) electrons. The van der Waals surface area contributed by atoms with Crippen molar-refractivity contribution in [2.45, 2.75) is 89.1 Å². The number of carbonyl (C=O) groups is 2. The van der Waals surface area contributed by atoms with Gasteiger partial charge in [-0.3, -0.25) is 9.59 Å². The molecular weight excluding hydrogens is 576 g/mol.